The molecule has 4 nitrogen and oxygen atoms in total. The number of unbranched alkanes of at least 4 members (excludes halogenated alkanes) is 2. The van der Waals surface area contributed by atoms with Crippen molar-refractivity contribution in [3.63, 3.8) is 0 Å². The van der Waals surface area contributed by atoms with Crippen molar-refractivity contribution in [1.82, 2.24) is 0 Å². The molecule has 21 heavy (non-hydrogen) atoms. The number of amidine groups is 1. The first kappa shape index (κ1) is 16.4. The van der Waals surface area contributed by atoms with Gasteiger partial charge < -0.3 is 5.32 Å². The van der Waals surface area contributed by atoms with Crippen LogP contribution in [0.15, 0.2) is 27.5 Å². The lowest BCUT2D eigenvalue weighted by Crippen LogP contribution is -2.19. The molecule has 1 aliphatic rings. The standard InChI is InChI=1S/C15H22N2O2S2/c1-3-5-7-12-8-9-13-14(11-12)21(18,19)17-15(16-13)20-10-6-4-2/h8-9,11H,3-7,10H2,1-2H3,(H,16,17). The highest BCUT2D eigenvalue weighted by Gasteiger charge is 2.25. The Labute approximate surface area is 131 Å². The second-order valence-electron chi connectivity index (χ2n) is 5.13. The molecule has 116 valence electrons. The summed E-state index contributed by atoms with van der Waals surface area (Å²) in [6.45, 7) is 4.24. The van der Waals surface area contributed by atoms with E-state index in [4.69, 9.17) is 0 Å². The molecule has 0 spiro atoms. The minimum atomic E-state index is -3.57. The number of benzene rings is 1. The molecule has 0 atom stereocenters. The van der Waals surface area contributed by atoms with Gasteiger partial charge >= 0.3 is 0 Å². The predicted octanol–water partition coefficient (Wildman–Crippen LogP) is 4.03. The first-order chi connectivity index (χ1) is 10.1. The van der Waals surface area contributed by atoms with Crippen LogP contribution in [-0.4, -0.2) is 19.3 Å². The Morgan fingerprint density at radius 1 is 1.19 bits per heavy atom. The van der Waals surface area contributed by atoms with Crippen molar-refractivity contribution in [2.45, 2.75) is 50.8 Å². The van der Waals surface area contributed by atoms with Crippen molar-refractivity contribution in [2.24, 2.45) is 4.40 Å². The Bertz CT molecular complexity index is 625. The number of nitrogens with one attached hydrogen (secondary N) is 1. The molecular formula is C15H22N2O2S2. The van der Waals surface area contributed by atoms with Gasteiger partial charge in [-0.05, 0) is 37.0 Å². The van der Waals surface area contributed by atoms with Crippen LogP contribution in [0.4, 0.5) is 5.69 Å². The van der Waals surface area contributed by atoms with E-state index in [-0.39, 0.29) is 0 Å². The number of fused-ring (bicyclic) bond motifs is 1. The van der Waals surface area contributed by atoms with E-state index in [0.717, 1.165) is 43.4 Å². The number of aryl methyl sites for hydroxylation is 1. The molecule has 0 aliphatic carbocycles. The Morgan fingerprint density at radius 3 is 2.67 bits per heavy atom. The molecule has 1 aliphatic heterocycles. The van der Waals surface area contributed by atoms with Crippen LogP contribution >= 0.6 is 11.8 Å². The quantitative estimate of drug-likeness (QED) is 0.802. The zero-order valence-corrected chi connectivity index (χ0v) is 14.2. The van der Waals surface area contributed by atoms with Gasteiger partial charge in [0.15, 0.2) is 5.17 Å². The summed E-state index contributed by atoms with van der Waals surface area (Å²) in [5, 5.41) is 3.61. The van der Waals surface area contributed by atoms with E-state index in [1.54, 1.807) is 6.07 Å². The Balaban J connectivity index is 2.20. The van der Waals surface area contributed by atoms with Crippen LogP contribution in [0.2, 0.25) is 0 Å². The average Bonchev–Trinajstić information content (AvgIpc) is 2.45. The maximum atomic E-state index is 12.3. The fraction of sp³-hybridized carbons (Fsp3) is 0.533. The number of rotatable bonds is 6. The third kappa shape index (κ3) is 4.23. The van der Waals surface area contributed by atoms with Crippen LogP contribution in [0.5, 0.6) is 0 Å². The zero-order chi connectivity index (χ0) is 15.3. The van der Waals surface area contributed by atoms with Crippen LogP contribution in [0.25, 0.3) is 0 Å². The average molecular weight is 326 g/mol. The first-order valence-electron chi connectivity index (χ1n) is 7.44. The van der Waals surface area contributed by atoms with Crippen LogP contribution in [-0.2, 0) is 16.4 Å². The molecular weight excluding hydrogens is 304 g/mol. The largest absolute Gasteiger partial charge is 0.333 e. The molecule has 1 aromatic rings. The third-order valence-electron chi connectivity index (χ3n) is 3.32. The number of nitrogens with zero attached hydrogens (tertiary/aromatic N) is 1. The second kappa shape index (κ2) is 7.31. The summed E-state index contributed by atoms with van der Waals surface area (Å²) in [4.78, 5) is 0.302. The Hall–Kier alpha value is -1.01. The molecule has 0 aromatic heterocycles. The summed E-state index contributed by atoms with van der Waals surface area (Å²) in [6, 6.07) is 5.61. The Morgan fingerprint density at radius 2 is 1.95 bits per heavy atom. The number of sulfonamides is 1. The van der Waals surface area contributed by atoms with E-state index >= 15 is 0 Å². The van der Waals surface area contributed by atoms with Crippen molar-refractivity contribution >= 4 is 32.6 Å². The van der Waals surface area contributed by atoms with Crippen LogP contribution in [0, 0.1) is 0 Å². The summed E-state index contributed by atoms with van der Waals surface area (Å²) >= 11 is 1.47. The third-order valence-corrected chi connectivity index (χ3v) is 5.72. The molecule has 1 aromatic carbocycles. The molecule has 0 unspecified atom stereocenters. The van der Waals surface area contributed by atoms with Crippen molar-refractivity contribution in [1.29, 1.82) is 0 Å². The lowest BCUT2D eigenvalue weighted by molar-refractivity contribution is 0.597. The minimum absolute atomic E-state index is 0.302. The fourth-order valence-corrected chi connectivity index (χ4v) is 4.47. The number of hydrogen-bond acceptors (Lipinski definition) is 4. The summed E-state index contributed by atoms with van der Waals surface area (Å²) in [7, 11) is -3.57. The van der Waals surface area contributed by atoms with Gasteiger partial charge in [-0.15, -0.1) is 4.40 Å². The highest BCUT2D eigenvalue weighted by Crippen LogP contribution is 2.30. The fourth-order valence-electron chi connectivity index (χ4n) is 2.09. The molecule has 1 N–H and O–H groups in total. The minimum Gasteiger partial charge on any atom is -0.333 e. The summed E-state index contributed by atoms with van der Waals surface area (Å²) in [5.74, 6) is 0.877. The van der Waals surface area contributed by atoms with Crippen molar-refractivity contribution in [2.75, 3.05) is 11.1 Å². The van der Waals surface area contributed by atoms with Gasteiger partial charge in [0.1, 0.15) is 4.90 Å². The lowest BCUT2D eigenvalue weighted by atomic mass is 10.1. The highest BCUT2D eigenvalue weighted by atomic mass is 32.2. The molecule has 2 rings (SSSR count). The molecule has 0 amide bonds. The normalized spacial score (nSPS) is 16.0. The number of anilines is 1. The van der Waals surface area contributed by atoms with Gasteiger partial charge in [0.25, 0.3) is 10.0 Å². The van der Waals surface area contributed by atoms with E-state index in [2.05, 4.69) is 23.6 Å². The van der Waals surface area contributed by atoms with Gasteiger partial charge in [0, 0.05) is 5.75 Å². The molecule has 1 heterocycles. The van der Waals surface area contributed by atoms with Gasteiger partial charge in [-0.1, -0.05) is 44.5 Å². The molecule has 0 saturated carbocycles. The monoisotopic (exact) mass is 326 g/mol. The van der Waals surface area contributed by atoms with E-state index in [1.807, 2.05) is 12.1 Å². The van der Waals surface area contributed by atoms with Gasteiger partial charge in [-0.3, -0.25) is 0 Å². The maximum Gasteiger partial charge on any atom is 0.286 e. The SMILES string of the molecule is CCCCSC1=NS(=O)(=O)c2cc(CCCC)ccc2N1. The summed E-state index contributed by atoms with van der Waals surface area (Å²) in [5.41, 5.74) is 1.70. The van der Waals surface area contributed by atoms with E-state index in [1.165, 1.54) is 11.8 Å². The summed E-state index contributed by atoms with van der Waals surface area (Å²) in [6.07, 6.45) is 5.20. The number of hydrogen-bond donors (Lipinski definition) is 1. The molecule has 0 saturated heterocycles. The molecule has 0 radical (unpaired) electrons. The molecule has 0 fully saturated rings. The topological polar surface area (TPSA) is 58.5 Å². The zero-order valence-electron chi connectivity index (χ0n) is 12.6. The van der Waals surface area contributed by atoms with Gasteiger partial charge in [0.2, 0.25) is 0 Å². The number of thioether (sulfide) groups is 1. The van der Waals surface area contributed by atoms with Gasteiger partial charge in [-0.2, -0.15) is 8.42 Å². The van der Waals surface area contributed by atoms with Gasteiger partial charge in [-0.25, -0.2) is 0 Å². The summed E-state index contributed by atoms with van der Waals surface area (Å²) < 4.78 is 28.5. The lowest BCUT2D eigenvalue weighted by Gasteiger charge is -2.18. The maximum absolute atomic E-state index is 12.3. The van der Waals surface area contributed by atoms with Crippen molar-refractivity contribution in [3.8, 4) is 0 Å². The smallest absolute Gasteiger partial charge is 0.286 e. The highest BCUT2D eigenvalue weighted by molar-refractivity contribution is 8.14. The van der Waals surface area contributed by atoms with E-state index in [0.29, 0.717) is 15.8 Å². The Kier molecular flexibility index (Phi) is 5.70. The first-order valence-corrected chi connectivity index (χ1v) is 9.87. The van der Waals surface area contributed by atoms with Crippen molar-refractivity contribution in [3.05, 3.63) is 23.8 Å². The second-order valence-corrected chi connectivity index (χ2v) is 7.79. The van der Waals surface area contributed by atoms with Crippen LogP contribution < -0.4 is 5.32 Å². The van der Waals surface area contributed by atoms with Crippen LogP contribution in [0.3, 0.4) is 0 Å². The van der Waals surface area contributed by atoms with Crippen molar-refractivity contribution < 1.29 is 8.42 Å². The van der Waals surface area contributed by atoms with E-state index in [9.17, 15) is 8.42 Å². The van der Waals surface area contributed by atoms with Crippen LogP contribution in [0.1, 0.15) is 45.1 Å². The van der Waals surface area contributed by atoms with E-state index < -0.39 is 10.0 Å². The predicted molar refractivity (Wildman–Crippen MR) is 90.7 cm³/mol. The molecule has 0 bridgehead atoms. The molecule has 6 heteroatoms. The van der Waals surface area contributed by atoms with Gasteiger partial charge in [0.05, 0.1) is 5.69 Å².